The third kappa shape index (κ3) is 6.02. The lowest BCUT2D eigenvalue weighted by molar-refractivity contribution is -0.143. The molecule has 2 aromatic heterocycles. The molecule has 0 radical (unpaired) electrons. The molecule has 1 fully saturated rings. The van der Waals surface area contributed by atoms with Crippen LogP contribution in [0.4, 0.5) is 0 Å². The van der Waals surface area contributed by atoms with Crippen LogP contribution in [0.1, 0.15) is 62.8 Å². The van der Waals surface area contributed by atoms with Gasteiger partial charge in [0.15, 0.2) is 0 Å². The highest BCUT2D eigenvalue weighted by atomic mass is 79.9. The average molecular weight is 609 g/mol. The second-order valence-corrected chi connectivity index (χ2v) is 11.6. The summed E-state index contributed by atoms with van der Waals surface area (Å²) in [6.45, 7) is 1.02. The number of imidazole rings is 1. The SMILES string of the molecule is C.C.O=C(O)[C@@H]1CCCC[C@@H]1c1nc2cc(OCc3nc4ccccc4s3)ccc2n1Cc1ccc(Br)cc1. The number of ether oxygens (including phenoxy) is 1. The van der Waals surface area contributed by atoms with Crippen molar-refractivity contribution in [1.29, 1.82) is 0 Å². The van der Waals surface area contributed by atoms with Crippen molar-refractivity contribution in [3.8, 4) is 5.75 Å². The molecule has 3 aromatic carbocycles. The van der Waals surface area contributed by atoms with Crippen LogP contribution < -0.4 is 4.74 Å². The fraction of sp³-hybridized carbons (Fsp3) is 0.323. The molecule has 5 aromatic rings. The third-order valence-electron chi connectivity index (χ3n) is 7.12. The quantitative estimate of drug-likeness (QED) is 0.200. The summed E-state index contributed by atoms with van der Waals surface area (Å²) < 4.78 is 10.5. The Balaban J connectivity index is 0.00000176. The van der Waals surface area contributed by atoms with Gasteiger partial charge in [0.05, 0.1) is 27.2 Å². The lowest BCUT2D eigenvalue weighted by Gasteiger charge is -2.28. The molecule has 6 rings (SSSR count). The molecule has 0 unspecified atom stereocenters. The molecule has 1 aliphatic carbocycles. The molecule has 1 saturated carbocycles. The van der Waals surface area contributed by atoms with Crippen LogP contribution in [0.5, 0.6) is 5.75 Å². The molecule has 1 N–H and O–H groups in total. The summed E-state index contributed by atoms with van der Waals surface area (Å²) in [7, 11) is 0. The van der Waals surface area contributed by atoms with Gasteiger partial charge in [0.25, 0.3) is 0 Å². The van der Waals surface area contributed by atoms with E-state index < -0.39 is 11.9 Å². The van der Waals surface area contributed by atoms with E-state index in [0.717, 1.165) is 67.1 Å². The summed E-state index contributed by atoms with van der Waals surface area (Å²) in [5.74, 6) is 0.329. The fourth-order valence-corrected chi connectivity index (χ4v) is 6.45. The molecule has 204 valence electrons. The van der Waals surface area contributed by atoms with E-state index in [2.05, 4.69) is 43.7 Å². The van der Waals surface area contributed by atoms with Crippen LogP contribution in [0.2, 0.25) is 0 Å². The zero-order valence-corrected chi connectivity index (χ0v) is 22.5. The number of rotatable bonds is 7. The van der Waals surface area contributed by atoms with E-state index in [0.29, 0.717) is 19.6 Å². The van der Waals surface area contributed by atoms with Gasteiger partial charge < -0.3 is 14.4 Å². The molecule has 0 saturated heterocycles. The number of aliphatic carboxylic acids is 1. The Morgan fingerprint density at radius 2 is 1.77 bits per heavy atom. The van der Waals surface area contributed by atoms with Gasteiger partial charge in [-0.25, -0.2) is 9.97 Å². The van der Waals surface area contributed by atoms with Crippen molar-refractivity contribution in [1.82, 2.24) is 14.5 Å². The van der Waals surface area contributed by atoms with Crippen molar-refractivity contribution in [2.24, 2.45) is 5.92 Å². The maximum Gasteiger partial charge on any atom is 0.307 e. The van der Waals surface area contributed by atoms with Gasteiger partial charge in [-0.1, -0.05) is 67.9 Å². The molecular weight excluding hydrogens is 574 g/mol. The van der Waals surface area contributed by atoms with E-state index in [1.807, 2.05) is 48.5 Å². The van der Waals surface area contributed by atoms with Gasteiger partial charge >= 0.3 is 5.97 Å². The second kappa shape index (κ2) is 12.3. The highest BCUT2D eigenvalue weighted by Crippen LogP contribution is 2.39. The van der Waals surface area contributed by atoms with Crippen molar-refractivity contribution < 1.29 is 14.6 Å². The first kappa shape index (κ1) is 28.8. The van der Waals surface area contributed by atoms with Crippen molar-refractivity contribution >= 4 is 54.5 Å². The number of thiazole rings is 1. The summed E-state index contributed by atoms with van der Waals surface area (Å²) in [4.78, 5) is 21.8. The van der Waals surface area contributed by atoms with Crippen molar-refractivity contribution in [3.63, 3.8) is 0 Å². The number of aromatic nitrogens is 3. The van der Waals surface area contributed by atoms with Gasteiger partial charge in [0.2, 0.25) is 0 Å². The van der Waals surface area contributed by atoms with Crippen LogP contribution in [0.25, 0.3) is 21.3 Å². The third-order valence-corrected chi connectivity index (χ3v) is 8.66. The summed E-state index contributed by atoms with van der Waals surface area (Å²) in [6.07, 6.45) is 3.50. The van der Waals surface area contributed by atoms with Gasteiger partial charge in [-0.15, -0.1) is 11.3 Å². The van der Waals surface area contributed by atoms with Crippen LogP contribution in [0.15, 0.2) is 71.2 Å². The van der Waals surface area contributed by atoms with E-state index in [4.69, 9.17) is 9.72 Å². The average Bonchev–Trinajstić information content (AvgIpc) is 3.49. The zero-order valence-electron chi connectivity index (χ0n) is 20.1. The molecular formula is C31H34BrN3O3S. The first-order chi connectivity index (χ1) is 18.0. The number of para-hydroxylation sites is 1. The molecule has 6 nitrogen and oxygen atoms in total. The molecule has 1 aliphatic rings. The van der Waals surface area contributed by atoms with E-state index >= 15 is 0 Å². The Hall–Kier alpha value is -3.23. The Bertz CT molecular complexity index is 1540. The highest BCUT2D eigenvalue weighted by molar-refractivity contribution is 9.10. The van der Waals surface area contributed by atoms with Gasteiger partial charge in [-0.05, 0) is 54.8 Å². The number of hydrogen-bond donors (Lipinski definition) is 1. The van der Waals surface area contributed by atoms with Crippen molar-refractivity contribution in [3.05, 3.63) is 87.6 Å². The number of hydrogen-bond acceptors (Lipinski definition) is 5. The minimum atomic E-state index is -0.730. The number of carbonyl (C=O) groups is 1. The smallest absolute Gasteiger partial charge is 0.307 e. The number of halogens is 1. The Morgan fingerprint density at radius 1 is 1.00 bits per heavy atom. The first-order valence-corrected chi connectivity index (χ1v) is 14.1. The Kier molecular flexibility index (Phi) is 9.08. The molecule has 0 bridgehead atoms. The molecule has 2 atom stereocenters. The number of carboxylic acid groups (broad SMARTS) is 1. The van der Waals surface area contributed by atoms with Gasteiger partial charge in [0, 0.05) is 23.0 Å². The molecule has 0 amide bonds. The number of carboxylic acids is 1. The van der Waals surface area contributed by atoms with Crippen LogP contribution in [-0.4, -0.2) is 25.6 Å². The minimum Gasteiger partial charge on any atom is -0.486 e. The number of fused-ring (bicyclic) bond motifs is 2. The van der Waals surface area contributed by atoms with E-state index in [9.17, 15) is 9.90 Å². The largest absolute Gasteiger partial charge is 0.486 e. The number of nitrogens with zero attached hydrogens (tertiary/aromatic N) is 3. The maximum absolute atomic E-state index is 12.1. The minimum absolute atomic E-state index is 0. The zero-order chi connectivity index (χ0) is 25.4. The van der Waals surface area contributed by atoms with E-state index in [-0.39, 0.29) is 20.8 Å². The van der Waals surface area contributed by atoms with Crippen LogP contribution in [0.3, 0.4) is 0 Å². The summed E-state index contributed by atoms with van der Waals surface area (Å²) in [6, 6.07) is 22.3. The van der Waals surface area contributed by atoms with E-state index in [1.165, 1.54) is 0 Å². The molecule has 8 heteroatoms. The second-order valence-electron chi connectivity index (χ2n) is 9.53. The summed E-state index contributed by atoms with van der Waals surface area (Å²) >= 11 is 5.15. The van der Waals surface area contributed by atoms with Gasteiger partial charge in [-0.2, -0.15) is 0 Å². The van der Waals surface area contributed by atoms with Crippen LogP contribution in [0, 0.1) is 5.92 Å². The highest BCUT2D eigenvalue weighted by Gasteiger charge is 2.35. The van der Waals surface area contributed by atoms with E-state index in [1.54, 1.807) is 11.3 Å². The normalized spacial score (nSPS) is 16.9. The molecule has 2 heterocycles. The predicted octanol–water partition coefficient (Wildman–Crippen LogP) is 8.67. The fourth-order valence-electron chi connectivity index (χ4n) is 5.30. The lowest BCUT2D eigenvalue weighted by Crippen LogP contribution is -2.27. The van der Waals surface area contributed by atoms with Crippen molar-refractivity contribution in [2.75, 3.05) is 0 Å². The summed E-state index contributed by atoms with van der Waals surface area (Å²) in [5.41, 5.74) is 3.93. The standard InChI is InChI=1S/C29H26BrN3O3S.2CH4/c30-19-11-9-18(10-12-19)16-33-25-14-13-20(36-17-27-31-23-7-3-4-8-26(23)37-27)15-24(25)32-28(33)21-5-1-2-6-22(21)29(34)35;;/h3-4,7-15,21-22H,1-2,5-6,16-17H2,(H,34,35);2*1H4/t21-,22+;;/m0../s1. The molecule has 39 heavy (non-hydrogen) atoms. The van der Waals surface area contributed by atoms with Gasteiger partial charge in [0.1, 0.15) is 23.2 Å². The lowest BCUT2D eigenvalue weighted by atomic mass is 9.78. The molecule has 0 spiro atoms. The summed E-state index contributed by atoms with van der Waals surface area (Å²) in [5, 5.41) is 10.9. The first-order valence-electron chi connectivity index (χ1n) is 12.5. The monoisotopic (exact) mass is 607 g/mol. The Morgan fingerprint density at radius 3 is 2.54 bits per heavy atom. The maximum atomic E-state index is 12.1. The topological polar surface area (TPSA) is 77.2 Å². The Labute approximate surface area is 241 Å². The predicted molar refractivity (Wildman–Crippen MR) is 163 cm³/mol. The van der Waals surface area contributed by atoms with Gasteiger partial charge in [-0.3, -0.25) is 4.79 Å². The van der Waals surface area contributed by atoms with Crippen LogP contribution in [-0.2, 0) is 17.9 Å². The van der Waals surface area contributed by atoms with Crippen molar-refractivity contribution in [2.45, 2.75) is 59.6 Å². The molecule has 0 aliphatic heterocycles. The number of benzene rings is 3. The van der Waals surface area contributed by atoms with Crippen LogP contribution >= 0.6 is 27.3 Å².